The average Bonchev–Trinajstić information content (AvgIpc) is 2.79. The normalized spacial score (nSPS) is 13.2. The summed E-state index contributed by atoms with van der Waals surface area (Å²) >= 11 is 0. The van der Waals surface area contributed by atoms with Gasteiger partial charge in [0.25, 0.3) is 5.91 Å². The Kier molecular flexibility index (Phi) is 3.78. The molecule has 0 saturated heterocycles. The van der Waals surface area contributed by atoms with Crippen molar-refractivity contribution in [1.29, 1.82) is 10.5 Å². The van der Waals surface area contributed by atoms with Crippen molar-refractivity contribution in [2.45, 2.75) is 6.92 Å². The summed E-state index contributed by atoms with van der Waals surface area (Å²) in [5.74, 6) is 0.572. The summed E-state index contributed by atoms with van der Waals surface area (Å²) in [6.45, 7) is 1.94. The smallest absolute Gasteiger partial charge is 0.254 e. The van der Waals surface area contributed by atoms with Crippen LogP contribution in [0.5, 0.6) is 0 Å². The molecule has 1 aromatic carbocycles. The first-order valence-corrected chi connectivity index (χ1v) is 5.86. The summed E-state index contributed by atoms with van der Waals surface area (Å²) in [6, 6.07) is 10.6. The number of allylic oxidation sites excluding steroid dienone is 1. The highest BCUT2D eigenvalue weighted by molar-refractivity contribution is 6.20. The number of hydrogen-bond acceptors (Lipinski definition) is 5. The van der Waals surface area contributed by atoms with Crippen LogP contribution in [-0.2, 0) is 4.79 Å². The number of carbonyl (C=O) groups is 1. The average molecular weight is 265 g/mol. The Labute approximate surface area is 116 Å². The molecule has 0 spiro atoms. The van der Waals surface area contributed by atoms with E-state index in [0.717, 1.165) is 0 Å². The number of amidine groups is 1. The van der Waals surface area contributed by atoms with E-state index < -0.39 is 0 Å². The van der Waals surface area contributed by atoms with E-state index in [1.165, 1.54) is 11.1 Å². The van der Waals surface area contributed by atoms with Crippen LogP contribution in [0.3, 0.4) is 0 Å². The van der Waals surface area contributed by atoms with Crippen molar-refractivity contribution < 1.29 is 4.79 Å². The van der Waals surface area contributed by atoms with E-state index in [1.54, 1.807) is 43.3 Å². The zero-order valence-electron chi connectivity index (χ0n) is 10.8. The van der Waals surface area contributed by atoms with Gasteiger partial charge in [-0.15, -0.1) is 0 Å². The summed E-state index contributed by atoms with van der Waals surface area (Å²) in [4.78, 5) is 17.4. The molecular weight excluding hydrogens is 254 g/mol. The lowest BCUT2D eigenvalue weighted by Gasteiger charge is -2.17. The standard InChI is InChI=1S/C14H11N5O/c1-10-17-9-14(20)19(10)13-4-2-3-12(5-13)18-8-11(6-15)7-16/h2-5,8,18H,9H2,1H3. The fourth-order valence-electron chi connectivity index (χ4n) is 1.81. The van der Waals surface area contributed by atoms with Crippen LogP contribution in [0.1, 0.15) is 6.92 Å². The van der Waals surface area contributed by atoms with E-state index in [4.69, 9.17) is 10.5 Å². The molecule has 1 aliphatic rings. The monoisotopic (exact) mass is 265 g/mol. The zero-order chi connectivity index (χ0) is 14.5. The highest BCUT2D eigenvalue weighted by Crippen LogP contribution is 2.22. The molecule has 1 aromatic rings. The molecule has 0 unspecified atom stereocenters. The second-order valence-corrected chi connectivity index (χ2v) is 4.07. The summed E-state index contributed by atoms with van der Waals surface area (Å²) in [6.07, 6.45) is 1.33. The predicted molar refractivity (Wildman–Crippen MR) is 74.8 cm³/mol. The third-order valence-electron chi connectivity index (χ3n) is 2.74. The number of rotatable bonds is 3. The lowest BCUT2D eigenvalue weighted by atomic mass is 10.2. The minimum absolute atomic E-state index is 0.0228. The van der Waals surface area contributed by atoms with Gasteiger partial charge in [0.2, 0.25) is 0 Å². The maximum Gasteiger partial charge on any atom is 0.254 e. The van der Waals surface area contributed by atoms with E-state index in [1.807, 2.05) is 0 Å². The van der Waals surface area contributed by atoms with E-state index in [-0.39, 0.29) is 18.0 Å². The number of hydrogen-bond donors (Lipinski definition) is 1. The zero-order valence-corrected chi connectivity index (χ0v) is 10.8. The van der Waals surface area contributed by atoms with Gasteiger partial charge in [-0.3, -0.25) is 14.7 Å². The molecule has 0 saturated carbocycles. The van der Waals surface area contributed by atoms with Crippen LogP contribution in [-0.4, -0.2) is 18.3 Å². The molecule has 0 radical (unpaired) electrons. The van der Waals surface area contributed by atoms with Gasteiger partial charge in [-0.25, -0.2) is 0 Å². The van der Waals surface area contributed by atoms with Gasteiger partial charge in [0.1, 0.15) is 30.1 Å². The fraction of sp³-hybridized carbons (Fsp3) is 0.143. The van der Waals surface area contributed by atoms with Crippen molar-refractivity contribution in [3.05, 3.63) is 36.0 Å². The molecule has 1 amide bonds. The summed E-state index contributed by atoms with van der Waals surface area (Å²) in [7, 11) is 0. The Morgan fingerprint density at radius 3 is 2.80 bits per heavy atom. The first-order valence-electron chi connectivity index (χ1n) is 5.86. The Balaban J connectivity index is 2.24. The van der Waals surface area contributed by atoms with Crippen molar-refractivity contribution in [3.63, 3.8) is 0 Å². The Hall–Kier alpha value is -3.12. The largest absolute Gasteiger partial charge is 0.360 e. The van der Waals surface area contributed by atoms with Gasteiger partial charge in [0.15, 0.2) is 0 Å². The molecule has 1 N–H and O–H groups in total. The minimum atomic E-state index is -0.0788. The second-order valence-electron chi connectivity index (χ2n) is 4.07. The molecule has 2 rings (SSSR count). The minimum Gasteiger partial charge on any atom is -0.360 e. The quantitative estimate of drug-likeness (QED) is 0.843. The summed E-state index contributed by atoms with van der Waals surface area (Å²) in [5, 5.41) is 20.2. The molecule has 20 heavy (non-hydrogen) atoms. The summed E-state index contributed by atoms with van der Waals surface area (Å²) < 4.78 is 0. The second kappa shape index (κ2) is 5.68. The van der Waals surface area contributed by atoms with Gasteiger partial charge in [-0.05, 0) is 25.1 Å². The third-order valence-corrected chi connectivity index (χ3v) is 2.74. The Morgan fingerprint density at radius 1 is 1.45 bits per heavy atom. The van der Waals surface area contributed by atoms with Gasteiger partial charge in [0, 0.05) is 11.9 Å². The van der Waals surface area contributed by atoms with Crippen LogP contribution in [0.25, 0.3) is 0 Å². The van der Waals surface area contributed by atoms with Crippen LogP contribution in [0, 0.1) is 22.7 Å². The number of carbonyl (C=O) groups excluding carboxylic acids is 1. The van der Waals surface area contributed by atoms with Gasteiger partial charge >= 0.3 is 0 Å². The van der Waals surface area contributed by atoms with E-state index in [2.05, 4.69) is 10.3 Å². The Morgan fingerprint density at radius 2 is 2.20 bits per heavy atom. The highest BCUT2D eigenvalue weighted by atomic mass is 16.2. The van der Waals surface area contributed by atoms with Gasteiger partial charge < -0.3 is 5.32 Å². The highest BCUT2D eigenvalue weighted by Gasteiger charge is 2.23. The van der Waals surface area contributed by atoms with Crippen LogP contribution >= 0.6 is 0 Å². The van der Waals surface area contributed by atoms with Crippen molar-refractivity contribution in [1.82, 2.24) is 0 Å². The molecule has 0 aliphatic carbocycles. The first kappa shape index (κ1) is 13.3. The number of benzene rings is 1. The molecule has 0 fully saturated rings. The Bertz CT molecular complexity index is 674. The van der Waals surface area contributed by atoms with Gasteiger partial charge in [-0.2, -0.15) is 10.5 Å². The van der Waals surface area contributed by atoms with Crippen LogP contribution in [0.15, 0.2) is 41.0 Å². The van der Waals surface area contributed by atoms with Crippen molar-refractivity contribution in [2.75, 3.05) is 16.8 Å². The number of anilines is 2. The molecule has 1 aliphatic heterocycles. The fourth-order valence-corrected chi connectivity index (χ4v) is 1.81. The number of aliphatic imine (C=N–C) groups is 1. The first-order chi connectivity index (χ1) is 9.65. The maximum absolute atomic E-state index is 11.7. The molecular formula is C14H11N5O. The van der Waals surface area contributed by atoms with Gasteiger partial charge in [-0.1, -0.05) is 6.07 Å². The number of nitrogens with one attached hydrogen (secondary N) is 1. The maximum atomic E-state index is 11.7. The molecule has 0 aromatic heterocycles. The third kappa shape index (κ3) is 2.65. The van der Waals surface area contributed by atoms with Crippen molar-refractivity contribution in [3.8, 4) is 12.1 Å². The number of amides is 1. The molecule has 6 heteroatoms. The van der Waals surface area contributed by atoms with E-state index in [0.29, 0.717) is 17.2 Å². The molecule has 0 bridgehead atoms. The molecule has 98 valence electrons. The van der Waals surface area contributed by atoms with Crippen LogP contribution in [0.4, 0.5) is 11.4 Å². The predicted octanol–water partition coefficient (Wildman–Crippen LogP) is 1.79. The lowest BCUT2D eigenvalue weighted by Crippen LogP contribution is -2.30. The van der Waals surface area contributed by atoms with Crippen molar-refractivity contribution >= 4 is 23.1 Å². The molecule has 1 heterocycles. The summed E-state index contributed by atoms with van der Waals surface area (Å²) in [5.41, 5.74) is 1.35. The van der Waals surface area contributed by atoms with E-state index >= 15 is 0 Å². The van der Waals surface area contributed by atoms with Crippen LogP contribution < -0.4 is 10.2 Å². The van der Waals surface area contributed by atoms with Crippen LogP contribution in [0.2, 0.25) is 0 Å². The van der Waals surface area contributed by atoms with Crippen molar-refractivity contribution in [2.24, 2.45) is 4.99 Å². The SMILES string of the molecule is CC1=NCC(=O)N1c1cccc(NC=C(C#N)C#N)c1. The molecule has 6 nitrogen and oxygen atoms in total. The molecule has 0 atom stereocenters. The topological polar surface area (TPSA) is 92.3 Å². The lowest BCUT2D eigenvalue weighted by molar-refractivity contribution is -0.115. The number of nitrogens with zero attached hydrogens (tertiary/aromatic N) is 4. The van der Waals surface area contributed by atoms with Gasteiger partial charge in [0.05, 0.1) is 5.69 Å². The van der Waals surface area contributed by atoms with E-state index in [9.17, 15) is 4.79 Å². The number of nitriles is 2.